The van der Waals surface area contributed by atoms with Crippen molar-refractivity contribution in [1.29, 1.82) is 0 Å². The van der Waals surface area contributed by atoms with Crippen molar-refractivity contribution in [3.8, 4) is 0 Å². The molecule has 2 N–H and O–H groups in total. The fourth-order valence-electron chi connectivity index (χ4n) is 2.54. The molecule has 0 aliphatic carbocycles. The van der Waals surface area contributed by atoms with Gasteiger partial charge in [-0.25, -0.2) is 0 Å². The van der Waals surface area contributed by atoms with Crippen molar-refractivity contribution in [2.24, 2.45) is 11.7 Å². The highest BCUT2D eigenvalue weighted by Gasteiger charge is 2.30. The summed E-state index contributed by atoms with van der Waals surface area (Å²) in [5.41, 5.74) is 7.32. The highest BCUT2D eigenvalue weighted by Crippen LogP contribution is 2.23. The average molecular weight is 251 g/mol. The Labute approximate surface area is 110 Å². The van der Waals surface area contributed by atoms with Gasteiger partial charge in [-0.05, 0) is 31.7 Å². The lowest BCUT2D eigenvalue weighted by molar-refractivity contribution is 0.0723. The van der Waals surface area contributed by atoms with E-state index in [1.165, 1.54) is 0 Å². The molecule has 0 amide bonds. The predicted molar refractivity (Wildman–Crippen MR) is 72.4 cm³/mol. The monoisotopic (exact) mass is 251 g/mol. The molecule has 1 fully saturated rings. The zero-order valence-electron chi connectivity index (χ0n) is 11.7. The van der Waals surface area contributed by atoms with Crippen LogP contribution in [0.2, 0.25) is 0 Å². The molecule has 0 bridgehead atoms. The first-order valence-electron chi connectivity index (χ1n) is 7.03. The van der Waals surface area contributed by atoms with Crippen LogP contribution in [0.1, 0.15) is 45.3 Å². The van der Waals surface area contributed by atoms with Gasteiger partial charge in [0, 0.05) is 31.3 Å². The third kappa shape index (κ3) is 2.93. The third-order valence-corrected chi connectivity index (χ3v) is 4.02. The molecule has 0 saturated carbocycles. The molecule has 4 unspecified atom stereocenters. The van der Waals surface area contributed by atoms with Gasteiger partial charge in [-0.2, -0.15) is 5.10 Å². The Balaban J connectivity index is 1.94. The van der Waals surface area contributed by atoms with E-state index in [1.807, 2.05) is 4.68 Å². The number of aromatic nitrogens is 2. The largest absolute Gasteiger partial charge is 0.376 e. The van der Waals surface area contributed by atoms with Gasteiger partial charge in [-0.1, -0.05) is 13.8 Å². The number of nitrogens with zero attached hydrogens (tertiary/aromatic N) is 2. The maximum Gasteiger partial charge on any atom is 0.0756 e. The van der Waals surface area contributed by atoms with E-state index in [2.05, 4.69) is 38.1 Å². The molecule has 0 spiro atoms. The lowest BCUT2D eigenvalue weighted by Crippen LogP contribution is -2.39. The molecule has 18 heavy (non-hydrogen) atoms. The van der Waals surface area contributed by atoms with E-state index in [0.29, 0.717) is 12.0 Å². The molecule has 1 aliphatic heterocycles. The van der Waals surface area contributed by atoms with E-state index in [9.17, 15) is 0 Å². The zero-order valence-corrected chi connectivity index (χ0v) is 11.7. The predicted octanol–water partition coefficient (Wildman–Crippen LogP) is 2.15. The van der Waals surface area contributed by atoms with Crippen LogP contribution < -0.4 is 5.73 Å². The number of hydrogen-bond acceptors (Lipinski definition) is 3. The fraction of sp³-hybridized carbons (Fsp3) is 0.786. The average Bonchev–Trinajstić information content (AvgIpc) is 2.97. The summed E-state index contributed by atoms with van der Waals surface area (Å²) in [7, 11) is 0. The van der Waals surface area contributed by atoms with Gasteiger partial charge in [0.2, 0.25) is 0 Å². The second-order valence-corrected chi connectivity index (χ2v) is 5.51. The van der Waals surface area contributed by atoms with Crippen molar-refractivity contribution in [3.05, 3.63) is 18.0 Å². The maximum absolute atomic E-state index is 6.25. The quantitative estimate of drug-likeness (QED) is 0.872. The normalized spacial score (nSPS) is 27.3. The molecule has 2 heterocycles. The van der Waals surface area contributed by atoms with Crippen molar-refractivity contribution < 1.29 is 4.74 Å². The first-order valence-corrected chi connectivity index (χ1v) is 7.03. The zero-order chi connectivity index (χ0) is 13.1. The van der Waals surface area contributed by atoms with Crippen LogP contribution in [-0.2, 0) is 11.2 Å². The van der Waals surface area contributed by atoms with Crippen LogP contribution in [0.25, 0.3) is 0 Å². The van der Waals surface area contributed by atoms with E-state index in [-0.39, 0.29) is 12.1 Å². The highest BCUT2D eigenvalue weighted by atomic mass is 16.5. The van der Waals surface area contributed by atoms with E-state index < -0.39 is 0 Å². The minimum Gasteiger partial charge on any atom is -0.376 e. The molecule has 1 saturated heterocycles. The molecule has 0 aromatic carbocycles. The van der Waals surface area contributed by atoms with Gasteiger partial charge in [0.1, 0.15) is 0 Å². The Hall–Kier alpha value is -0.870. The Kier molecular flexibility index (Phi) is 4.40. The second kappa shape index (κ2) is 5.85. The first kappa shape index (κ1) is 13.6. The van der Waals surface area contributed by atoms with Crippen LogP contribution >= 0.6 is 0 Å². The van der Waals surface area contributed by atoms with Crippen molar-refractivity contribution in [1.82, 2.24) is 9.78 Å². The van der Waals surface area contributed by atoms with E-state index in [0.717, 1.165) is 31.6 Å². The molecule has 0 radical (unpaired) electrons. The van der Waals surface area contributed by atoms with Gasteiger partial charge in [0.15, 0.2) is 0 Å². The molecule has 102 valence electrons. The summed E-state index contributed by atoms with van der Waals surface area (Å²) in [5.74, 6) is 0.566. The Bertz CT molecular complexity index is 377. The molecule has 1 aliphatic rings. The van der Waals surface area contributed by atoms with Gasteiger partial charge >= 0.3 is 0 Å². The van der Waals surface area contributed by atoms with Gasteiger partial charge in [0.25, 0.3) is 0 Å². The Morgan fingerprint density at radius 3 is 3.00 bits per heavy atom. The lowest BCUT2D eigenvalue weighted by Gasteiger charge is -2.21. The van der Waals surface area contributed by atoms with Crippen LogP contribution in [0.15, 0.2) is 12.3 Å². The van der Waals surface area contributed by atoms with E-state index in [1.54, 1.807) is 0 Å². The number of rotatable bonds is 5. The van der Waals surface area contributed by atoms with Crippen LogP contribution in [-0.4, -0.2) is 28.5 Å². The standard InChI is InChI=1S/C14H25N3O/c1-4-11(3)17-7-5-12(16-17)9-13(15)14-10(2)6-8-18-14/h5,7,10-11,13-14H,4,6,8-9,15H2,1-3H3. The van der Waals surface area contributed by atoms with Crippen LogP contribution in [0.4, 0.5) is 0 Å². The lowest BCUT2D eigenvalue weighted by atomic mass is 9.95. The van der Waals surface area contributed by atoms with Crippen LogP contribution in [0.5, 0.6) is 0 Å². The van der Waals surface area contributed by atoms with E-state index in [4.69, 9.17) is 10.5 Å². The minimum absolute atomic E-state index is 0.0581. The smallest absolute Gasteiger partial charge is 0.0756 e. The Morgan fingerprint density at radius 1 is 1.61 bits per heavy atom. The second-order valence-electron chi connectivity index (χ2n) is 5.51. The molecule has 4 heteroatoms. The molecule has 1 aromatic heterocycles. The Morgan fingerprint density at radius 2 is 2.39 bits per heavy atom. The van der Waals surface area contributed by atoms with Crippen molar-refractivity contribution in [2.45, 2.75) is 58.2 Å². The van der Waals surface area contributed by atoms with Crippen LogP contribution in [0.3, 0.4) is 0 Å². The molecule has 4 atom stereocenters. The van der Waals surface area contributed by atoms with Gasteiger partial charge in [-0.15, -0.1) is 0 Å². The molecule has 1 aromatic rings. The topological polar surface area (TPSA) is 53.1 Å². The molecular formula is C14H25N3O. The van der Waals surface area contributed by atoms with Crippen molar-refractivity contribution in [2.75, 3.05) is 6.61 Å². The molecule has 4 nitrogen and oxygen atoms in total. The van der Waals surface area contributed by atoms with Gasteiger partial charge in [0.05, 0.1) is 11.8 Å². The third-order valence-electron chi connectivity index (χ3n) is 4.02. The summed E-state index contributed by atoms with van der Waals surface area (Å²) in [5, 5.41) is 4.60. The molecule has 2 rings (SSSR count). The summed E-state index contributed by atoms with van der Waals surface area (Å²) >= 11 is 0. The minimum atomic E-state index is 0.0581. The van der Waals surface area contributed by atoms with Gasteiger partial charge < -0.3 is 10.5 Å². The highest BCUT2D eigenvalue weighted by molar-refractivity contribution is 5.03. The van der Waals surface area contributed by atoms with Crippen LogP contribution in [0, 0.1) is 5.92 Å². The SMILES string of the molecule is CCC(C)n1ccc(CC(N)C2OCCC2C)n1. The first-order chi connectivity index (χ1) is 8.61. The maximum atomic E-state index is 6.25. The number of nitrogens with two attached hydrogens (primary N) is 1. The van der Waals surface area contributed by atoms with E-state index >= 15 is 0 Å². The number of hydrogen-bond donors (Lipinski definition) is 1. The summed E-state index contributed by atoms with van der Waals surface area (Å²) in [6.07, 6.45) is 5.27. The summed E-state index contributed by atoms with van der Waals surface area (Å²) in [6.45, 7) is 7.42. The van der Waals surface area contributed by atoms with Crippen molar-refractivity contribution >= 4 is 0 Å². The summed E-state index contributed by atoms with van der Waals surface area (Å²) < 4.78 is 7.74. The van der Waals surface area contributed by atoms with Crippen molar-refractivity contribution in [3.63, 3.8) is 0 Å². The fourth-order valence-corrected chi connectivity index (χ4v) is 2.54. The number of ether oxygens (including phenoxy) is 1. The molecular weight excluding hydrogens is 226 g/mol. The van der Waals surface area contributed by atoms with Gasteiger partial charge in [-0.3, -0.25) is 4.68 Å². The summed E-state index contributed by atoms with van der Waals surface area (Å²) in [6, 6.07) is 2.59. The summed E-state index contributed by atoms with van der Waals surface area (Å²) in [4.78, 5) is 0.